The van der Waals surface area contributed by atoms with E-state index in [4.69, 9.17) is 20.8 Å². The maximum Gasteiger partial charge on any atom is 0.146 e. The van der Waals surface area contributed by atoms with E-state index in [9.17, 15) is 0 Å². The molecule has 0 bridgehead atoms. The molecule has 0 spiro atoms. The van der Waals surface area contributed by atoms with Gasteiger partial charge in [-0.3, -0.25) is 0 Å². The van der Waals surface area contributed by atoms with Crippen molar-refractivity contribution >= 4 is 11.6 Å². The van der Waals surface area contributed by atoms with Crippen molar-refractivity contribution in [3.63, 3.8) is 0 Å². The molecule has 17 heavy (non-hydrogen) atoms. The molecule has 90 valence electrons. The Kier molecular flexibility index (Phi) is 4.07. The number of hydrogen-bond donors (Lipinski definition) is 1. The average Bonchev–Trinajstić information content (AvgIpc) is 2.75. The van der Waals surface area contributed by atoms with Crippen LogP contribution in [-0.4, -0.2) is 7.05 Å². The minimum atomic E-state index is 0.407. The molecule has 0 aliphatic heterocycles. The zero-order valence-electron chi connectivity index (χ0n) is 9.57. The highest BCUT2D eigenvalue weighted by molar-refractivity contribution is 6.30. The van der Waals surface area contributed by atoms with E-state index in [1.54, 1.807) is 12.3 Å². The summed E-state index contributed by atoms with van der Waals surface area (Å²) in [5, 5.41) is 3.72. The van der Waals surface area contributed by atoms with Crippen LogP contribution in [0.4, 0.5) is 0 Å². The topological polar surface area (TPSA) is 34.4 Å². The maximum absolute atomic E-state index is 5.86. The number of furan rings is 1. The fourth-order valence-electron chi connectivity index (χ4n) is 1.51. The van der Waals surface area contributed by atoms with Crippen molar-refractivity contribution in [3.05, 3.63) is 52.9 Å². The molecule has 0 aliphatic rings. The Morgan fingerprint density at radius 3 is 3.00 bits per heavy atom. The first kappa shape index (κ1) is 12.0. The second-order valence-electron chi connectivity index (χ2n) is 3.70. The molecule has 2 aromatic rings. The first-order valence-corrected chi connectivity index (χ1v) is 5.75. The van der Waals surface area contributed by atoms with Crippen molar-refractivity contribution in [2.24, 2.45) is 0 Å². The molecule has 0 fully saturated rings. The lowest BCUT2D eigenvalue weighted by Crippen LogP contribution is -2.03. The number of rotatable bonds is 5. The van der Waals surface area contributed by atoms with Crippen LogP contribution in [0.3, 0.4) is 0 Å². The van der Waals surface area contributed by atoms with E-state index in [1.165, 1.54) is 0 Å². The fraction of sp³-hybridized carbons (Fsp3) is 0.231. The first-order chi connectivity index (χ1) is 8.28. The highest BCUT2D eigenvalue weighted by Crippen LogP contribution is 2.18. The molecule has 0 atom stereocenters. The van der Waals surface area contributed by atoms with Gasteiger partial charge in [0.2, 0.25) is 0 Å². The van der Waals surface area contributed by atoms with Crippen LogP contribution in [0.2, 0.25) is 5.02 Å². The Balaban J connectivity index is 1.93. The minimum absolute atomic E-state index is 0.407. The van der Waals surface area contributed by atoms with Gasteiger partial charge in [0.1, 0.15) is 18.1 Å². The third-order valence-corrected chi connectivity index (χ3v) is 2.50. The molecule has 1 heterocycles. The van der Waals surface area contributed by atoms with E-state index in [2.05, 4.69) is 5.32 Å². The largest absolute Gasteiger partial charge is 0.486 e. The van der Waals surface area contributed by atoms with Gasteiger partial charge in [-0.15, -0.1) is 0 Å². The lowest BCUT2D eigenvalue weighted by atomic mass is 10.3. The minimum Gasteiger partial charge on any atom is -0.486 e. The second-order valence-corrected chi connectivity index (χ2v) is 4.13. The molecule has 0 unspecified atom stereocenters. The van der Waals surface area contributed by atoms with Crippen LogP contribution in [0.25, 0.3) is 0 Å². The standard InChI is InChI=1S/C13H14ClNO2/c1-15-7-10-5-13(16-8-10)9-17-12-4-2-3-11(14)6-12/h2-6,8,15H,7,9H2,1H3. The van der Waals surface area contributed by atoms with Crippen molar-refractivity contribution in [1.82, 2.24) is 5.32 Å². The molecule has 1 aromatic heterocycles. The van der Waals surface area contributed by atoms with Crippen LogP contribution in [0, 0.1) is 0 Å². The van der Waals surface area contributed by atoms with Gasteiger partial charge in [0, 0.05) is 17.1 Å². The van der Waals surface area contributed by atoms with Crippen LogP contribution < -0.4 is 10.1 Å². The summed E-state index contributed by atoms with van der Waals surface area (Å²) in [4.78, 5) is 0. The van der Waals surface area contributed by atoms with Crippen molar-refractivity contribution < 1.29 is 9.15 Å². The molecule has 2 rings (SSSR count). The lowest BCUT2D eigenvalue weighted by molar-refractivity contribution is 0.270. The average molecular weight is 252 g/mol. The van der Waals surface area contributed by atoms with E-state index < -0.39 is 0 Å². The molecule has 0 aliphatic carbocycles. The Morgan fingerprint density at radius 2 is 2.24 bits per heavy atom. The van der Waals surface area contributed by atoms with Crippen molar-refractivity contribution in [3.8, 4) is 5.75 Å². The highest BCUT2D eigenvalue weighted by Gasteiger charge is 2.02. The number of halogens is 1. The van der Waals surface area contributed by atoms with Crippen molar-refractivity contribution in [2.45, 2.75) is 13.2 Å². The summed E-state index contributed by atoms with van der Waals surface area (Å²) in [6.45, 7) is 1.20. The van der Waals surface area contributed by atoms with Gasteiger partial charge in [0.05, 0.1) is 6.26 Å². The highest BCUT2D eigenvalue weighted by atomic mass is 35.5. The summed E-state index contributed by atoms with van der Waals surface area (Å²) in [6, 6.07) is 9.28. The first-order valence-electron chi connectivity index (χ1n) is 5.37. The van der Waals surface area contributed by atoms with Gasteiger partial charge in [-0.1, -0.05) is 17.7 Å². The summed E-state index contributed by atoms with van der Waals surface area (Å²) in [5.74, 6) is 1.54. The second kappa shape index (κ2) is 5.75. The Bertz CT molecular complexity index is 482. The van der Waals surface area contributed by atoms with Crippen LogP contribution in [-0.2, 0) is 13.2 Å². The number of hydrogen-bond acceptors (Lipinski definition) is 3. The van der Waals surface area contributed by atoms with Crippen molar-refractivity contribution in [1.29, 1.82) is 0 Å². The van der Waals surface area contributed by atoms with Crippen molar-refractivity contribution in [2.75, 3.05) is 7.05 Å². The van der Waals surface area contributed by atoms with Crippen LogP contribution in [0.5, 0.6) is 5.75 Å². The van der Waals surface area contributed by atoms with Crippen LogP contribution in [0.15, 0.2) is 41.0 Å². The molecule has 1 N–H and O–H groups in total. The number of ether oxygens (including phenoxy) is 1. The smallest absolute Gasteiger partial charge is 0.146 e. The van der Waals surface area contributed by atoms with Gasteiger partial charge >= 0.3 is 0 Å². The number of benzene rings is 1. The van der Waals surface area contributed by atoms with Gasteiger partial charge in [-0.25, -0.2) is 0 Å². The summed E-state index contributed by atoms with van der Waals surface area (Å²) in [7, 11) is 1.90. The van der Waals surface area contributed by atoms with E-state index >= 15 is 0 Å². The van der Waals surface area contributed by atoms with Gasteiger partial charge in [-0.05, 0) is 31.3 Å². The molecule has 4 heteroatoms. The predicted molar refractivity (Wildman–Crippen MR) is 67.3 cm³/mol. The molecular formula is C13H14ClNO2. The zero-order valence-corrected chi connectivity index (χ0v) is 10.3. The van der Waals surface area contributed by atoms with E-state index in [-0.39, 0.29) is 0 Å². The Morgan fingerprint density at radius 1 is 1.35 bits per heavy atom. The zero-order chi connectivity index (χ0) is 12.1. The molecule has 0 saturated heterocycles. The van der Waals surface area contributed by atoms with Gasteiger partial charge in [-0.2, -0.15) is 0 Å². The third kappa shape index (κ3) is 3.51. The lowest BCUT2D eigenvalue weighted by Gasteiger charge is -2.03. The van der Waals surface area contributed by atoms with E-state index in [0.717, 1.165) is 23.6 Å². The van der Waals surface area contributed by atoms with E-state index in [0.29, 0.717) is 11.6 Å². The summed E-state index contributed by atoms with van der Waals surface area (Å²) in [6.07, 6.45) is 1.73. The van der Waals surface area contributed by atoms with Crippen LogP contribution in [0.1, 0.15) is 11.3 Å². The number of nitrogens with one attached hydrogen (secondary N) is 1. The molecule has 3 nitrogen and oxygen atoms in total. The SMILES string of the molecule is CNCc1coc(COc2cccc(Cl)c2)c1. The molecular weight excluding hydrogens is 238 g/mol. The molecule has 0 saturated carbocycles. The quantitative estimate of drug-likeness (QED) is 0.886. The normalized spacial score (nSPS) is 10.5. The Labute approximate surface area is 105 Å². The maximum atomic E-state index is 5.86. The third-order valence-electron chi connectivity index (χ3n) is 2.27. The van der Waals surface area contributed by atoms with Crippen LogP contribution >= 0.6 is 11.6 Å². The molecule has 1 aromatic carbocycles. The predicted octanol–water partition coefficient (Wildman–Crippen LogP) is 3.23. The van der Waals surface area contributed by atoms with Gasteiger partial charge < -0.3 is 14.5 Å². The summed E-state index contributed by atoms with van der Waals surface area (Å²) < 4.78 is 10.9. The monoisotopic (exact) mass is 251 g/mol. The summed E-state index contributed by atoms with van der Waals surface area (Å²) >= 11 is 5.86. The van der Waals surface area contributed by atoms with Gasteiger partial charge in [0.15, 0.2) is 0 Å². The molecule has 0 amide bonds. The molecule has 0 radical (unpaired) electrons. The Hall–Kier alpha value is -1.45. The van der Waals surface area contributed by atoms with E-state index in [1.807, 2.05) is 31.3 Å². The van der Waals surface area contributed by atoms with Gasteiger partial charge in [0.25, 0.3) is 0 Å². The summed E-state index contributed by atoms with van der Waals surface area (Å²) in [5.41, 5.74) is 1.11. The fourth-order valence-corrected chi connectivity index (χ4v) is 1.69.